The van der Waals surface area contributed by atoms with Crippen LogP contribution in [-0.4, -0.2) is 47.9 Å². The van der Waals surface area contributed by atoms with Gasteiger partial charge in [-0.2, -0.15) is 0 Å². The number of benzene rings is 1. The fourth-order valence-electron chi connectivity index (χ4n) is 3.21. The number of aryl methyl sites for hydroxylation is 1. The Morgan fingerprint density at radius 1 is 1.35 bits per heavy atom. The minimum Gasteiger partial charge on any atom is -0.381 e. The summed E-state index contributed by atoms with van der Waals surface area (Å²) < 4.78 is 5.36. The minimum absolute atomic E-state index is 0.329. The first-order valence-corrected chi connectivity index (χ1v) is 8.10. The van der Waals surface area contributed by atoms with Crippen molar-refractivity contribution in [2.75, 3.05) is 26.3 Å². The average Bonchev–Trinajstić information content (AvgIpc) is 3.17. The molecule has 1 atom stereocenters. The Balaban J connectivity index is 1.85. The summed E-state index contributed by atoms with van der Waals surface area (Å²) in [5, 5.41) is 0.809. The molecule has 1 amide bonds. The van der Waals surface area contributed by atoms with Gasteiger partial charge in [0, 0.05) is 42.2 Å². The van der Waals surface area contributed by atoms with Crippen LogP contribution in [0.2, 0.25) is 0 Å². The van der Waals surface area contributed by atoms with E-state index in [4.69, 9.17) is 4.74 Å². The van der Waals surface area contributed by atoms with Crippen LogP contribution in [0.25, 0.3) is 10.9 Å². The second kappa shape index (κ2) is 6.54. The third-order valence-corrected chi connectivity index (χ3v) is 4.49. The summed E-state index contributed by atoms with van der Waals surface area (Å²) in [7, 11) is 0. The van der Waals surface area contributed by atoms with Gasteiger partial charge in [0.25, 0.3) is 11.7 Å². The van der Waals surface area contributed by atoms with Crippen molar-refractivity contribution in [3.63, 3.8) is 0 Å². The molecule has 0 bridgehead atoms. The summed E-state index contributed by atoms with van der Waals surface area (Å²) in [6.45, 7) is 6.27. The van der Waals surface area contributed by atoms with E-state index in [9.17, 15) is 9.59 Å². The van der Waals surface area contributed by atoms with Gasteiger partial charge in [0.05, 0.1) is 12.2 Å². The Kier molecular flexibility index (Phi) is 4.48. The first-order valence-electron chi connectivity index (χ1n) is 8.10. The lowest BCUT2D eigenvalue weighted by atomic mass is 10.0. The van der Waals surface area contributed by atoms with E-state index in [0.717, 1.165) is 29.6 Å². The first-order chi connectivity index (χ1) is 11.1. The highest BCUT2D eigenvalue weighted by Gasteiger charge is 2.29. The molecule has 1 aliphatic rings. The van der Waals surface area contributed by atoms with Crippen LogP contribution in [0, 0.1) is 12.8 Å². The van der Waals surface area contributed by atoms with Gasteiger partial charge in [-0.3, -0.25) is 9.59 Å². The monoisotopic (exact) mass is 314 g/mol. The molecule has 5 nitrogen and oxygen atoms in total. The minimum atomic E-state index is -0.430. The van der Waals surface area contributed by atoms with Crippen LogP contribution in [0.4, 0.5) is 0 Å². The molecular formula is C18H22N2O3. The number of rotatable bonds is 5. The van der Waals surface area contributed by atoms with E-state index in [2.05, 4.69) is 4.98 Å². The Labute approximate surface area is 135 Å². The molecule has 5 heteroatoms. The molecule has 0 radical (unpaired) electrons. The van der Waals surface area contributed by atoms with E-state index in [1.165, 1.54) is 0 Å². The third-order valence-electron chi connectivity index (χ3n) is 4.49. The largest absolute Gasteiger partial charge is 0.381 e. The number of ether oxygens (including phenoxy) is 1. The van der Waals surface area contributed by atoms with Crippen LogP contribution >= 0.6 is 0 Å². The van der Waals surface area contributed by atoms with E-state index >= 15 is 0 Å². The van der Waals surface area contributed by atoms with Crippen molar-refractivity contribution >= 4 is 22.6 Å². The van der Waals surface area contributed by atoms with Crippen molar-refractivity contribution in [1.29, 1.82) is 0 Å². The normalized spacial score (nSPS) is 17.6. The summed E-state index contributed by atoms with van der Waals surface area (Å²) in [5.74, 6) is -0.524. The van der Waals surface area contributed by atoms with Gasteiger partial charge in [0.15, 0.2) is 0 Å². The topological polar surface area (TPSA) is 62.4 Å². The quantitative estimate of drug-likeness (QED) is 0.681. The lowest BCUT2D eigenvalue weighted by Crippen LogP contribution is -2.40. The Bertz CT molecular complexity index is 729. The van der Waals surface area contributed by atoms with Gasteiger partial charge >= 0.3 is 0 Å². The summed E-state index contributed by atoms with van der Waals surface area (Å²) in [6, 6.07) is 7.58. The Morgan fingerprint density at radius 2 is 2.13 bits per heavy atom. The number of para-hydroxylation sites is 1. The number of fused-ring (bicyclic) bond motifs is 1. The number of hydrogen-bond acceptors (Lipinski definition) is 3. The molecule has 3 rings (SSSR count). The molecule has 0 spiro atoms. The van der Waals surface area contributed by atoms with Crippen LogP contribution in [0.3, 0.4) is 0 Å². The fourth-order valence-corrected chi connectivity index (χ4v) is 3.21. The smallest absolute Gasteiger partial charge is 0.295 e. The predicted octanol–water partition coefficient (Wildman–Crippen LogP) is 2.54. The van der Waals surface area contributed by atoms with Gasteiger partial charge in [-0.15, -0.1) is 0 Å². The molecule has 1 saturated heterocycles. The third kappa shape index (κ3) is 3.01. The molecule has 1 aliphatic heterocycles. The Morgan fingerprint density at radius 3 is 2.83 bits per heavy atom. The van der Waals surface area contributed by atoms with Crippen molar-refractivity contribution in [1.82, 2.24) is 9.88 Å². The summed E-state index contributed by atoms with van der Waals surface area (Å²) >= 11 is 0. The highest BCUT2D eigenvalue weighted by molar-refractivity contribution is 6.45. The van der Waals surface area contributed by atoms with Gasteiger partial charge in [-0.25, -0.2) is 0 Å². The van der Waals surface area contributed by atoms with E-state index in [1.54, 1.807) is 4.90 Å². The van der Waals surface area contributed by atoms with Crippen LogP contribution in [0.5, 0.6) is 0 Å². The predicted molar refractivity (Wildman–Crippen MR) is 88.5 cm³/mol. The van der Waals surface area contributed by atoms with Gasteiger partial charge in [0.1, 0.15) is 0 Å². The zero-order chi connectivity index (χ0) is 16.4. The number of Topliss-reactive ketones (excluding diaryl/α,β-unsaturated/α-hetero) is 1. The van der Waals surface area contributed by atoms with Gasteiger partial charge in [-0.05, 0) is 26.3 Å². The molecule has 1 aromatic heterocycles. The average molecular weight is 314 g/mol. The number of amides is 1. The van der Waals surface area contributed by atoms with Crippen molar-refractivity contribution < 1.29 is 14.3 Å². The maximum absolute atomic E-state index is 12.8. The highest BCUT2D eigenvalue weighted by atomic mass is 16.5. The van der Waals surface area contributed by atoms with E-state index in [1.807, 2.05) is 38.1 Å². The molecule has 0 saturated carbocycles. The SMILES string of the molecule is CCN(C[C@@H]1CCOC1)C(=O)C(=O)c1c(C)[nH]c2ccccc12. The van der Waals surface area contributed by atoms with E-state index in [0.29, 0.717) is 31.2 Å². The van der Waals surface area contributed by atoms with Crippen molar-refractivity contribution in [2.24, 2.45) is 5.92 Å². The molecule has 0 unspecified atom stereocenters. The summed E-state index contributed by atoms with van der Waals surface area (Å²) in [6.07, 6.45) is 0.948. The number of aromatic amines is 1. The second-order valence-corrected chi connectivity index (χ2v) is 6.07. The molecule has 122 valence electrons. The number of likely N-dealkylation sites (N-methyl/N-ethyl adjacent to an activating group) is 1. The van der Waals surface area contributed by atoms with E-state index < -0.39 is 11.7 Å². The highest BCUT2D eigenvalue weighted by Crippen LogP contribution is 2.23. The number of nitrogens with zero attached hydrogens (tertiary/aromatic N) is 1. The summed E-state index contributed by atoms with van der Waals surface area (Å²) in [5.41, 5.74) is 2.12. The number of aromatic nitrogens is 1. The number of carbonyl (C=O) groups is 2. The molecule has 2 aromatic rings. The zero-order valence-corrected chi connectivity index (χ0v) is 13.6. The lowest BCUT2D eigenvalue weighted by Gasteiger charge is -2.23. The molecular weight excluding hydrogens is 292 g/mol. The summed E-state index contributed by atoms with van der Waals surface area (Å²) in [4.78, 5) is 30.3. The van der Waals surface area contributed by atoms with Crippen LogP contribution in [0.1, 0.15) is 29.4 Å². The second-order valence-electron chi connectivity index (χ2n) is 6.07. The van der Waals surface area contributed by atoms with Gasteiger partial charge in [0.2, 0.25) is 0 Å². The van der Waals surface area contributed by atoms with Crippen LogP contribution in [-0.2, 0) is 9.53 Å². The number of nitrogens with one attached hydrogen (secondary N) is 1. The van der Waals surface area contributed by atoms with Crippen molar-refractivity contribution in [2.45, 2.75) is 20.3 Å². The van der Waals surface area contributed by atoms with Gasteiger partial charge < -0.3 is 14.6 Å². The molecule has 23 heavy (non-hydrogen) atoms. The van der Waals surface area contributed by atoms with Gasteiger partial charge in [-0.1, -0.05) is 18.2 Å². The maximum Gasteiger partial charge on any atom is 0.295 e. The van der Waals surface area contributed by atoms with Crippen molar-refractivity contribution in [3.8, 4) is 0 Å². The van der Waals surface area contributed by atoms with E-state index in [-0.39, 0.29) is 0 Å². The fraction of sp³-hybridized carbons (Fsp3) is 0.444. The molecule has 2 heterocycles. The maximum atomic E-state index is 12.8. The molecule has 1 N–H and O–H groups in total. The number of H-pyrrole nitrogens is 1. The zero-order valence-electron chi connectivity index (χ0n) is 13.6. The van der Waals surface area contributed by atoms with Crippen molar-refractivity contribution in [3.05, 3.63) is 35.5 Å². The first kappa shape index (κ1) is 15.7. The molecule has 0 aliphatic carbocycles. The van der Waals surface area contributed by atoms with Crippen LogP contribution < -0.4 is 0 Å². The standard InChI is InChI=1S/C18H22N2O3/c1-3-20(10-13-8-9-23-11-13)18(22)17(21)16-12(2)19-15-7-5-4-6-14(15)16/h4-7,13,19H,3,8-11H2,1-2H3/t13-/m0/s1. The number of ketones is 1. The lowest BCUT2D eigenvalue weighted by molar-refractivity contribution is -0.126. The molecule has 1 aromatic carbocycles. The number of hydrogen-bond donors (Lipinski definition) is 1. The van der Waals surface area contributed by atoms with Crippen LogP contribution in [0.15, 0.2) is 24.3 Å². The number of carbonyl (C=O) groups excluding carboxylic acids is 2. The Hall–Kier alpha value is -2.14. The molecule has 1 fully saturated rings.